The molecule has 1 aromatic rings. The van der Waals surface area contributed by atoms with Gasteiger partial charge in [0.2, 0.25) is 0 Å². The minimum absolute atomic E-state index is 0.0105. The highest BCUT2D eigenvalue weighted by molar-refractivity contribution is 5.82. The Kier molecular flexibility index (Phi) is 7.03. The van der Waals surface area contributed by atoms with Gasteiger partial charge in [-0.05, 0) is 91.8 Å². The zero-order valence-corrected chi connectivity index (χ0v) is 21.6. The fraction of sp³-hybridized carbons (Fsp3) is 0.857. The van der Waals surface area contributed by atoms with Gasteiger partial charge in [0.25, 0.3) is 0 Å². The van der Waals surface area contributed by atoms with Gasteiger partial charge in [-0.2, -0.15) is 18.3 Å². The van der Waals surface area contributed by atoms with Crippen molar-refractivity contribution in [3.63, 3.8) is 0 Å². The molecule has 34 heavy (non-hydrogen) atoms. The third kappa shape index (κ3) is 4.25. The first kappa shape index (κ1) is 25.8. The van der Waals surface area contributed by atoms with E-state index >= 15 is 0 Å². The number of carbonyl (C=O) groups excluding carboxylic acids is 1. The van der Waals surface area contributed by atoms with Crippen molar-refractivity contribution >= 4 is 5.78 Å². The van der Waals surface area contributed by atoms with Gasteiger partial charge in [-0.15, -0.1) is 0 Å². The number of aromatic nitrogens is 2. The Morgan fingerprint density at radius 2 is 1.71 bits per heavy atom. The Labute approximate surface area is 203 Å². The summed E-state index contributed by atoms with van der Waals surface area (Å²) in [4.78, 5) is 13.3. The average Bonchev–Trinajstić information content (AvgIpc) is 3.39. The lowest BCUT2D eigenvalue weighted by Gasteiger charge is -2.61. The van der Waals surface area contributed by atoms with Gasteiger partial charge in [-0.1, -0.05) is 41.0 Å². The molecule has 0 saturated heterocycles. The normalized spacial score (nSPS) is 41.5. The van der Waals surface area contributed by atoms with Crippen LogP contribution in [0.15, 0.2) is 12.4 Å². The zero-order valence-electron chi connectivity index (χ0n) is 21.6. The Balaban J connectivity index is 0.00000133. The Morgan fingerprint density at radius 1 is 1.03 bits per heavy atom. The van der Waals surface area contributed by atoms with Crippen LogP contribution in [0.3, 0.4) is 0 Å². The van der Waals surface area contributed by atoms with Crippen LogP contribution in [-0.4, -0.2) is 15.6 Å². The minimum Gasteiger partial charge on any atom is -0.297 e. The van der Waals surface area contributed by atoms with E-state index in [2.05, 4.69) is 25.9 Å². The molecular formula is C28H43F3N2O. The smallest absolute Gasteiger partial charge is 0.297 e. The van der Waals surface area contributed by atoms with Gasteiger partial charge in [0.05, 0.1) is 18.3 Å². The van der Waals surface area contributed by atoms with E-state index in [0.29, 0.717) is 17.3 Å². The lowest BCUT2D eigenvalue weighted by molar-refractivity contribution is -0.139. The standard InChI is InChI=1S/C26H37F3N2O.C2H6/c1-16-8-10-24(2)17(12-16)4-5-19-20-6-7-22(25(20,3)11-9-21(19)24)23(32)15-31-14-18(13-30-31)26(27,28)29;1-2/h13-14,16-17,19-22H,4-12,15H2,1-3H3;1-2H3/t16-,17?,19?,20?,21?,22?,24-,25?;/m0./s1. The summed E-state index contributed by atoms with van der Waals surface area (Å²) in [6.45, 7) is 11.2. The summed E-state index contributed by atoms with van der Waals surface area (Å²) in [5, 5.41) is 3.82. The van der Waals surface area contributed by atoms with E-state index in [0.717, 1.165) is 49.4 Å². The molecule has 1 heterocycles. The molecule has 4 aliphatic carbocycles. The molecule has 0 amide bonds. The summed E-state index contributed by atoms with van der Waals surface area (Å²) in [6, 6.07) is 0. The van der Waals surface area contributed by atoms with Gasteiger partial charge in [0.15, 0.2) is 5.78 Å². The van der Waals surface area contributed by atoms with E-state index in [1.807, 2.05) is 13.8 Å². The summed E-state index contributed by atoms with van der Waals surface area (Å²) in [5.41, 5.74) is -0.334. The van der Waals surface area contributed by atoms with E-state index in [9.17, 15) is 18.0 Å². The lowest BCUT2D eigenvalue weighted by atomic mass is 9.44. The van der Waals surface area contributed by atoms with Gasteiger partial charge in [0.1, 0.15) is 0 Å². The maximum absolute atomic E-state index is 13.3. The van der Waals surface area contributed by atoms with E-state index in [-0.39, 0.29) is 23.7 Å². The fourth-order valence-corrected chi connectivity index (χ4v) is 8.87. The lowest BCUT2D eigenvalue weighted by Crippen LogP contribution is -2.53. The van der Waals surface area contributed by atoms with Crippen LogP contribution in [0.4, 0.5) is 13.2 Å². The van der Waals surface area contributed by atoms with Gasteiger partial charge in [0, 0.05) is 12.1 Å². The first-order valence-corrected chi connectivity index (χ1v) is 13.6. The Hall–Kier alpha value is -1.33. The van der Waals surface area contributed by atoms with Crippen molar-refractivity contribution in [1.29, 1.82) is 0 Å². The molecule has 0 aromatic carbocycles. The minimum atomic E-state index is -4.42. The zero-order chi connectivity index (χ0) is 24.9. The van der Waals surface area contributed by atoms with E-state index in [4.69, 9.17) is 0 Å². The van der Waals surface area contributed by atoms with Crippen LogP contribution in [0.1, 0.15) is 98.0 Å². The van der Waals surface area contributed by atoms with Gasteiger partial charge in [-0.25, -0.2) is 0 Å². The van der Waals surface area contributed by atoms with Gasteiger partial charge < -0.3 is 0 Å². The van der Waals surface area contributed by atoms with Crippen molar-refractivity contribution in [1.82, 2.24) is 9.78 Å². The van der Waals surface area contributed by atoms with Crippen LogP contribution in [-0.2, 0) is 17.5 Å². The van der Waals surface area contributed by atoms with Crippen molar-refractivity contribution < 1.29 is 18.0 Å². The molecule has 8 atom stereocenters. The number of ketones is 1. The first-order chi connectivity index (χ1) is 16.0. The number of Topliss-reactive ketones (excluding diaryl/α,β-unsaturated/α-hetero) is 1. The second kappa shape index (κ2) is 9.28. The first-order valence-electron chi connectivity index (χ1n) is 13.6. The third-order valence-electron chi connectivity index (χ3n) is 10.6. The second-order valence-electron chi connectivity index (χ2n) is 12.1. The Morgan fingerprint density at radius 3 is 2.38 bits per heavy atom. The monoisotopic (exact) mass is 480 g/mol. The van der Waals surface area contributed by atoms with Crippen molar-refractivity contribution in [3.8, 4) is 0 Å². The fourth-order valence-electron chi connectivity index (χ4n) is 8.87. The molecule has 6 unspecified atom stereocenters. The number of rotatable bonds is 3. The predicted molar refractivity (Wildman–Crippen MR) is 128 cm³/mol. The van der Waals surface area contributed by atoms with Crippen molar-refractivity contribution in [2.45, 2.75) is 105 Å². The highest BCUT2D eigenvalue weighted by atomic mass is 19.4. The van der Waals surface area contributed by atoms with Gasteiger partial charge >= 0.3 is 6.18 Å². The molecule has 6 heteroatoms. The molecule has 0 N–H and O–H groups in total. The highest BCUT2D eigenvalue weighted by Crippen LogP contribution is 2.67. The number of hydrogen-bond acceptors (Lipinski definition) is 2. The van der Waals surface area contributed by atoms with Crippen LogP contribution >= 0.6 is 0 Å². The molecule has 192 valence electrons. The van der Waals surface area contributed by atoms with E-state index in [1.54, 1.807) is 0 Å². The number of halogens is 3. The van der Waals surface area contributed by atoms with Crippen LogP contribution < -0.4 is 0 Å². The summed E-state index contributed by atoms with van der Waals surface area (Å²) < 4.78 is 39.9. The molecule has 0 bridgehead atoms. The molecule has 1 aromatic heterocycles. The molecule has 0 radical (unpaired) electrons. The van der Waals surface area contributed by atoms with Crippen molar-refractivity contribution in [2.24, 2.45) is 46.3 Å². The summed E-state index contributed by atoms with van der Waals surface area (Å²) >= 11 is 0. The number of nitrogens with zero attached hydrogens (tertiary/aromatic N) is 2. The quantitative estimate of drug-likeness (QED) is 0.442. The van der Waals surface area contributed by atoms with Gasteiger partial charge in [-0.3, -0.25) is 9.48 Å². The molecule has 0 aliphatic heterocycles. The molecular weight excluding hydrogens is 437 g/mol. The number of fused-ring (bicyclic) bond motifs is 5. The second-order valence-corrected chi connectivity index (χ2v) is 12.1. The number of hydrogen-bond donors (Lipinski definition) is 0. The Bertz CT molecular complexity index is 879. The topological polar surface area (TPSA) is 34.9 Å². The summed E-state index contributed by atoms with van der Waals surface area (Å²) in [7, 11) is 0. The molecule has 0 spiro atoms. The SMILES string of the molecule is CC.C[C@H]1CC[C@@]2(C)C(CCC3C4CCC(C(=O)Cn5cc(C(F)(F)F)cn5)C4(C)CCC32)C1. The molecule has 4 aliphatic rings. The maximum atomic E-state index is 13.3. The number of alkyl halides is 3. The molecule has 5 rings (SSSR count). The third-order valence-corrected chi connectivity index (χ3v) is 10.6. The molecule has 3 nitrogen and oxygen atoms in total. The largest absolute Gasteiger partial charge is 0.419 e. The van der Waals surface area contributed by atoms with Crippen LogP contribution in [0.2, 0.25) is 0 Å². The average molecular weight is 481 g/mol. The van der Waals surface area contributed by atoms with Crippen molar-refractivity contribution in [3.05, 3.63) is 18.0 Å². The number of carbonyl (C=O) groups is 1. The van der Waals surface area contributed by atoms with Crippen molar-refractivity contribution in [2.75, 3.05) is 0 Å². The van der Waals surface area contributed by atoms with Crippen LogP contribution in [0.25, 0.3) is 0 Å². The van der Waals surface area contributed by atoms with Crippen LogP contribution in [0.5, 0.6) is 0 Å². The maximum Gasteiger partial charge on any atom is 0.419 e. The van der Waals surface area contributed by atoms with E-state index in [1.165, 1.54) is 43.2 Å². The van der Waals surface area contributed by atoms with E-state index < -0.39 is 11.7 Å². The summed E-state index contributed by atoms with van der Waals surface area (Å²) in [6.07, 6.45) is 8.36. The predicted octanol–water partition coefficient (Wildman–Crippen LogP) is 7.79. The van der Waals surface area contributed by atoms with Crippen LogP contribution in [0, 0.1) is 46.3 Å². The molecule has 4 saturated carbocycles. The highest BCUT2D eigenvalue weighted by Gasteiger charge is 2.60. The summed E-state index contributed by atoms with van der Waals surface area (Å²) in [5.74, 6) is 3.80. The molecule has 4 fully saturated rings.